The molecular formula is C24H25ClN2O3S. The Balaban J connectivity index is 0.00000341. The molecule has 2 aromatic carbocycles. The molecule has 0 amide bonds. The van der Waals surface area contributed by atoms with E-state index in [1.54, 1.807) is 43.8 Å². The number of anilines is 1. The number of pyridine rings is 1. The lowest BCUT2D eigenvalue weighted by atomic mass is 10.1. The normalized spacial score (nSPS) is 12.1. The second kappa shape index (κ2) is 10.8. The van der Waals surface area contributed by atoms with Gasteiger partial charge in [-0.2, -0.15) is 0 Å². The first-order valence-electron chi connectivity index (χ1n) is 9.40. The molecule has 1 N–H and O–H groups in total. The Morgan fingerprint density at radius 1 is 1.03 bits per heavy atom. The van der Waals surface area contributed by atoms with Crippen LogP contribution in [-0.2, 0) is 10.0 Å². The average molecular weight is 457 g/mol. The number of hydrogen-bond acceptors (Lipinski definition) is 4. The largest absolute Gasteiger partial charge is 0.497 e. The number of methoxy groups -OCH3 is 1. The van der Waals surface area contributed by atoms with Crippen molar-refractivity contribution in [2.75, 3.05) is 11.8 Å². The second-order valence-corrected chi connectivity index (χ2v) is 8.53. The van der Waals surface area contributed by atoms with Gasteiger partial charge in [0.15, 0.2) is 0 Å². The van der Waals surface area contributed by atoms with Gasteiger partial charge in [-0.25, -0.2) is 8.42 Å². The summed E-state index contributed by atoms with van der Waals surface area (Å²) in [4.78, 5) is 4.01. The Kier molecular flexibility index (Phi) is 8.42. The SMILES string of the molecule is C=CC(c1ccc(OC)cc1)S(=O)(=O)Nc1c(C)cccc1C=Cc1ccncc1.Cl. The Morgan fingerprint density at radius 3 is 2.32 bits per heavy atom. The highest BCUT2D eigenvalue weighted by Crippen LogP contribution is 2.30. The van der Waals surface area contributed by atoms with Crippen LogP contribution >= 0.6 is 12.4 Å². The number of halogens is 1. The molecule has 0 fully saturated rings. The van der Waals surface area contributed by atoms with E-state index in [0.717, 1.165) is 16.7 Å². The molecule has 5 nitrogen and oxygen atoms in total. The summed E-state index contributed by atoms with van der Waals surface area (Å²) in [6, 6.07) is 16.3. The Hall–Kier alpha value is -3.09. The van der Waals surface area contributed by atoms with Crippen molar-refractivity contribution in [1.29, 1.82) is 0 Å². The van der Waals surface area contributed by atoms with Gasteiger partial charge in [0.1, 0.15) is 11.0 Å². The molecule has 0 aliphatic carbocycles. The number of sulfonamides is 1. The van der Waals surface area contributed by atoms with E-state index in [2.05, 4.69) is 16.3 Å². The fourth-order valence-corrected chi connectivity index (χ4v) is 4.53. The molecule has 3 aromatic rings. The van der Waals surface area contributed by atoms with Crippen LogP contribution in [0, 0.1) is 6.92 Å². The van der Waals surface area contributed by atoms with E-state index in [9.17, 15) is 8.42 Å². The van der Waals surface area contributed by atoms with Crippen LogP contribution in [0.2, 0.25) is 0 Å². The maximum absolute atomic E-state index is 13.2. The summed E-state index contributed by atoms with van der Waals surface area (Å²) in [7, 11) is -2.21. The fraction of sp³-hybridized carbons (Fsp3) is 0.125. The van der Waals surface area contributed by atoms with Crippen molar-refractivity contribution in [3.63, 3.8) is 0 Å². The molecule has 1 aromatic heterocycles. The molecule has 0 saturated carbocycles. The van der Waals surface area contributed by atoms with Crippen LogP contribution in [0.5, 0.6) is 5.75 Å². The maximum atomic E-state index is 13.2. The average Bonchev–Trinajstić information content (AvgIpc) is 2.75. The molecule has 162 valence electrons. The van der Waals surface area contributed by atoms with Crippen molar-refractivity contribution >= 4 is 40.3 Å². The number of nitrogens with zero attached hydrogens (tertiary/aromatic N) is 1. The lowest BCUT2D eigenvalue weighted by molar-refractivity contribution is 0.414. The molecule has 1 unspecified atom stereocenters. The van der Waals surface area contributed by atoms with E-state index in [-0.39, 0.29) is 12.4 Å². The molecule has 1 heterocycles. The zero-order valence-corrected chi connectivity index (χ0v) is 19.0. The van der Waals surface area contributed by atoms with Crippen LogP contribution in [0.1, 0.15) is 27.5 Å². The minimum Gasteiger partial charge on any atom is -0.497 e. The van der Waals surface area contributed by atoms with E-state index in [0.29, 0.717) is 17.0 Å². The van der Waals surface area contributed by atoms with Gasteiger partial charge in [0, 0.05) is 12.4 Å². The zero-order chi connectivity index (χ0) is 21.6. The molecule has 0 aliphatic heterocycles. The first kappa shape index (κ1) is 24.2. The van der Waals surface area contributed by atoms with Crippen molar-refractivity contribution in [3.05, 3.63) is 102 Å². The highest BCUT2D eigenvalue weighted by atomic mass is 35.5. The number of para-hydroxylation sites is 1. The quantitative estimate of drug-likeness (QED) is 0.444. The molecular weight excluding hydrogens is 432 g/mol. The van der Waals surface area contributed by atoms with Crippen LogP contribution in [0.25, 0.3) is 12.2 Å². The first-order valence-corrected chi connectivity index (χ1v) is 10.9. The number of aryl methyl sites for hydroxylation is 1. The van der Waals surface area contributed by atoms with E-state index in [1.807, 2.05) is 49.4 Å². The third kappa shape index (κ3) is 5.96. The summed E-state index contributed by atoms with van der Waals surface area (Å²) in [5.41, 5.74) is 3.73. The monoisotopic (exact) mass is 456 g/mol. The maximum Gasteiger partial charge on any atom is 0.243 e. The lowest BCUT2D eigenvalue weighted by Gasteiger charge is -2.19. The van der Waals surface area contributed by atoms with Gasteiger partial charge in [-0.05, 0) is 53.4 Å². The van der Waals surface area contributed by atoms with Crippen molar-refractivity contribution in [1.82, 2.24) is 4.98 Å². The number of ether oxygens (including phenoxy) is 1. The highest BCUT2D eigenvalue weighted by Gasteiger charge is 2.25. The van der Waals surface area contributed by atoms with Gasteiger partial charge in [0.05, 0.1) is 12.8 Å². The Bertz CT molecular complexity index is 1150. The summed E-state index contributed by atoms with van der Waals surface area (Å²) >= 11 is 0. The lowest BCUT2D eigenvalue weighted by Crippen LogP contribution is -2.21. The van der Waals surface area contributed by atoms with Crippen molar-refractivity contribution in [3.8, 4) is 5.75 Å². The summed E-state index contributed by atoms with van der Waals surface area (Å²) < 4.78 is 34.4. The number of hydrogen-bond donors (Lipinski definition) is 1. The third-order valence-electron chi connectivity index (χ3n) is 4.70. The molecule has 0 radical (unpaired) electrons. The van der Waals surface area contributed by atoms with Crippen LogP contribution < -0.4 is 9.46 Å². The Labute approximate surface area is 190 Å². The van der Waals surface area contributed by atoms with Gasteiger partial charge < -0.3 is 4.74 Å². The molecule has 0 bridgehead atoms. The first-order chi connectivity index (χ1) is 14.4. The molecule has 0 spiro atoms. The van der Waals surface area contributed by atoms with Crippen molar-refractivity contribution < 1.29 is 13.2 Å². The Morgan fingerprint density at radius 2 is 1.71 bits per heavy atom. The molecule has 0 aliphatic rings. The van der Waals surface area contributed by atoms with Crippen molar-refractivity contribution in [2.24, 2.45) is 0 Å². The van der Waals surface area contributed by atoms with E-state index in [1.165, 1.54) is 6.08 Å². The van der Waals surface area contributed by atoms with E-state index >= 15 is 0 Å². The van der Waals surface area contributed by atoms with Gasteiger partial charge in [-0.15, -0.1) is 19.0 Å². The molecule has 0 saturated heterocycles. The van der Waals surface area contributed by atoms with Gasteiger partial charge in [-0.3, -0.25) is 9.71 Å². The smallest absolute Gasteiger partial charge is 0.243 e. The minimum atomic E-state index is -3.78. The molecule has 31 heavy (non-hydrogen) atoms. The number of nitrogens with one attached hydrogen (secondary N) is 1. The molecule has 7 heteroatoms. The topological polar surface area (TPSA) is 68.3 Å². The van der Waals surface area contributed by atoms with Crippen LogP contribution in [0.15, 0.2) is 79.6 Å². The van der Waals surface area contributed by atoms with Crippen LogP contribution in [0.3, 0.4) is 0 Å². The number of rotatable bonds is 8. The standard InChI is InChI=1S/C24H24N2O3S.ClH/c1-4-23(20-10-12-22(29-3)13-11-20)30(27,28)26-24-18(2)6-5-7-21(24)9-8-19-14-16-25-17-15-19;/h4-17,23,26H,1H2,2-3H3;1H. The van der Waals surface area contributed by atoms with Gasteiger partial charge in [0.2, 0.25) is 10.0 Å². The predicted octanol–water partition coefficient (Wildman–Crippen LogP) is 5.66. The number of benzene rings is 2. The molecule has 3 rings (SSSR count). The summed E-state index contributed by atoms with van der Waals surface area (Å²) in [5, 5.41) is -0.903. The van der Waals surface area contributed by atoms with Crippen LogP contribution in [-0.4, -0.2) is 20.5 Å². The predicted molar refractivity (Wildman–Crippen MR) is 130 cm³/mol. The van der Waals surface area contributed by atoms with Gasteiger partial charge in [0.25, 0.3) is 0 Å². The fourth-order valence-electron chi connectivity index (χ4n) is 3.07. The highest BCUT2D eigenvalue weighted by molar-refractivity contribution is 7.93. The van der Waals surface area contributed by atoms with Crippen LogP contribution in [0.4, 0.5) is 5.69 Å². The van der Waals surface area contributed by atoms with Gasteiger partial charge in [-0.1, -0.05) is 48.6 Å². The third-order valence-corrected chi connectivity index (χ3v) is 6.33. The molecule has 1 atom stereocenters. The summed E-state index contributed by atoms with van der Waals surface area (Å²) in [6.07, 6.45) is 8.65. The van der Waals surface area contributed by atoms with E-state index < -0.39 is 15.3 Å². The van der Waals surface area contributed by atoms with Gasteiger partial charge >= 0.3 is 0 Å². The van der Waals surface area contributed by atoms with Crippen molar-refractivity contribution in [2.45, 2.75) is 12.2 Å². The minimum absolute atomic E-state index is 0. The summed E-state index contributed by atoms with van der Waals surface area (Å²) in [5.74, 6) is 0.661. The second-order valence-electron chi connectivity index (χ2n) is 6.73. The zero-order valence-electron chi connectivity index (χ0n) is 17.4. The number of aromatic nitrogens is 1. The van der Waals surface area contributed by atoms with E-state index in [4.69, 9.17) is 4.74 Å². The summed E-state index contributed by atoms with van der Waals surface area (Å²) in [6.45, 7) is 5.61.